The highest BCUT2D eigenvalue weighted by atomic mass is 16.6. The number of esters is 3. The first-order chi connectivity index (χ1) is 22.4. The molecule has 0 amide bonds. The molecule has 0 aromatic heterocycles. The third-order valence-corrected chi connectivity index (χ3v) is 8.79. The summed E-state index contributed by atoms with van der Waals surface area (Å²) < 4.78 is 16.6. The summed E-state index contributed by atoms with van der Waals surface area (Å²) in [7, 11) is 0. The second-order valence-electron chi connectivity index (χ2n) is 14.0. The van der Waals surface area contributed by atoms with E-state index in [0.29, 0.717) is 19.3 Å². The highest BCUT2D eigenvalue weighted by Crippen LogP contribution is 2.15. The maximum Gasteiger partial charge on any atom is 0.306 e. The third-order valence-electron chi connectivity index (χ3n) is 8.79. The van der Waals surface area contributed by atoms with Gasteiger partial charge in [0.05, 0.1) is 0 Å². The van der Waals surface area contributed by atoms with Crippen molar-refractivity contribution in [2.24, 2.45) is 5.92 Å². The van der Waals surface area contributed by atoms with Crippen LogP contribution < -0.4 is 0 Å². The average molecular weight is 653 g/mol. The summed E-state index contributed by atoms with van der Waals surface area (Å²) in [4.78, 5) is 37.4. The third kappa shape index (κ3) is 33.8. The van der Waals surface area contributed by atoms with Gasteiger partial charge in [0.25, 0.3) is 0 Å². The Morgan fingerprint density at radius 2 is 0.717 bits per heavy atom. The van der Waals surface area contributed by atoms with Crippen molar-refractivity contribution in [1.29, 1.82) is 0 Å². The van der Waals surface area contributed by atoms with Crippen molar-refractivity contribution in [2.45, 2.75) is 220 Å². The Morgan fingerprint density at radius 3 is 1.07 bits per heavy atom. The van der Waals surface area contributed by atoms with Crippen LogP contribution in [-0.4, -0.2) is 37.2 Å². The van der Waals surface area contributed by atoms with Gasteiger partial charge in [0.1, 0.15) is 13.2 Å². The summed E-state index contributed by atoms with van der Waals surface area (Å²) >= 11 is 0. The van der Waals surface area contributed by atoms with Gasteiger partial charge in [-0.2, -0.15) is 0 Å². The van der Waals surface area contributed by atoms with E-state index in [1.807, 2.05) is 0 Å². The van der Waals surface area contributed by atoms with E-state index in [1.54, 1.807) is 0 Å². The number of hydrogen-bond acceptors (Lipinski definition) is 6. The van der Waals surface area contributed by atoms with Gasteiger partial charge < -0.3 is 14.2 Å². The molecule has 0 radical (unpaired) electrons. The summed E-state index contributed by atoms with van der Waals surface area (Å²) in [5, 5.41) is 0. The Balaban J connectivity index is 4.35. The van der Waals surface area contributed by atoms with Crippen molar-refractivity contribution in [3.8, 4) is 0 Å². The van der Waals surface area contributed by atoms with E-state index in [2.05, 4.69) is 27.7 Å². The van der Waals surface area contributed by atoms with Crippen LogP contribution in [0.2, 0.25) is 0 Å². The number of ether oxygens (including phenoxy) is 3. The van der Waals surface area contributed by atoms with Gasteiger partial charge in [-0.3, -0.25) is 14.4 Å². The van der Waals surface area contributed by atoms with E-state index >= 15 is 0 Å². The molecule has 0 N–H and O–H groups in total. The van der Waals surface area contributed by atoms with Crippen molar-refractivity contribution in [2.75, 3.05) is 13.2 Å². The lowest BCUT2D eigenvalue weighted by Gasteiger charge is -2.18. The molecule has 46 heavy (non-hydrogen) atoms. The molecule has 0 unspecified atom stereocenters. The van der Waals surface area contributed by atoms with E-state index in [4.69, 9.17) is 14.2 Å². The van der Waals surface area contributed by atoms with E-state index in [9.17, 15) is 14.4 Å². The molecule has 0 heterocycles. The SMILES string of the molecule is CCCCCCCCCCCCC(=O)O[C@H](COC(=O)CCCCCCCCCCC)COC(=O)CCCCCCCCC(C)C. The second kappa shape index (κ2) is 34.7. The Hall–Kier alpha value is -1.59. The molecule has 0 saturated heterocycles. The molecule has 0 aliphatic rings. The smallest absolute Gasteiger partial charge is 0.306 e. The zero-order valence-corrected chi connectivity index (χ0v) is 31.0. The molecule has 0 aromatic rings. The summed E-state index contributed by atoms with van der Waals surface area (Å²) in [5.74, 6) is -0.108. The molecule has 0 spiro atoms. The van der Waals surface area contributed by atoms with Gasteiger partial charge >= 0.3 is 17.9 Å². The Labute approximate surface area is 285 Å². The number of rotatable bonds is 35. The van der Waals surface area contributed by atoms with Gasteiger partial charge in [0.15, 0.2) is 6.10 Å². The van der Waals surface area contributed by atoms with Crippen LogP contribution >= 0.6 is 0 Å². The largest absolute Gasteiger partial charge is 0.462 e. The van der Waals surface area contributed by atoms with E-state index in [0.717, 1.165) is 63.7 Å². The number of carbonyl (C=O) groups is 3. The zero-order chi connectivity index (χ0) is 33.9. The fourth-order valence-electron chi connectivity index (χ4n) is 5.74. The van der Waals surface area contributed by atoms with Crippen LogP contribution in [0.5, 0.6) is 0 Å². The number of unbranched alkanes of at least 4 members (excludes halogenated alkanes) is 22. The van der Waals surface area contributed by atoms with Crippen LogP contribution in [0.3, 0.4) is 0 Å². The molecular formula is C40H76O6. The summed E-state index contributed by atoms with van der Waals surface area (Å²) in [6.07, 6.45) is 31.0. The lowest BCUT2D eigenvalue weighted by atomic mass is 10.0. The lowest BCUT2D eigenvalue weighted by molar-refractivity contribution is -0.167. The molecule has 0 saturated carbocycles. The summed E-state index contributed by atoms with van der Waals surface area (Å²) in [6.45, 7) is 8.87. The minimum absolute atomic E-state index is 0.0658. The van der Waals surface area contributed by atoms with Gasteiger partial charge in [-0.15, -0.1) is 0 Å². The molecule has 0 aliphatic heterocycles. The van der Waals surface area contributed by atoms with Gasteiger partial charge in [0, 0.05) is 19.3 Å². The highest BCUT2D eigenvalue weighted by Gasteiger charge is 2.19. The first-order valence-electron chi connectivity index (χ1n) is 19.9. The maximum absolute atomic E-state index is 12.6. The fraction of sp³-hybridized carbons (Fsp3) is 0.925. The van der Waals surface area contributed by atoms with E-state index in [1.165, 1.54) is 109 Å². The molecule has 1 atom stereocenters. The first kappa shape index (κ1) is 44.4. The van der Waals surface area contributed by atoms with Crippen LogP contribution in [-0.2, 0) is 28.6 Å². The molecule has 0 rings (SSSR count). The highest BCUT2D eigenvalue weighted by molar-refractivity contribution is 5.71. The van der Waals surface area contributed by atoms with Crippen LogP contribution in [0.4, 0.5) is 0 Å². The maximum atomic E-state index is 12.6. The monoisotopic (exact) mass is 653 g/mol. The minimum atomic E-state index is -0.757. The van der Waals surface area contributed by atoms with E-state index in [-0.39, 0.29) is 31.1 Å². The predicted octanol–water partition coefficient (Wildman–Crippen LogP) is 12.0. The molecule has 6 heteroatoms. The quantitative estimate of drug-likeness (QED) is 0.0385. The van der Waals surface area contributed by atoms with Crippen LogP contribution in [0.15, 0.2) is 0 Å². The van der Waals surface area contributed by atoms with Crippen LogP contribution in [0.1, 0.15) is 214 Å². The predicted molar refractivity (Wildman–Crippen MR) is 192 cm³/mol. The topological polar surface area (TPSA) is 78.9 Å². The minimum Gasteiger partial charge on any atom is -0.462 e. The van der Waals surface area contributed by atoms with Crippen LogP contribution in [0.25, 0.3) is 0 Å². The molecule has 272 valence electrons. The Kier molecular flexibility index (Phi) is 33.5. The van der Waals surface area contributed by atoms with Gasteiger partial charge in [-0.05, 0) is 25.2 Å². The number of hydrogen-bond donors (Lipinski definition) is 0. The lowest BCUT2D eigenvalue weighted by Crippen LogP contribution is -2.30. The van der Waals surface area contributed by atoms with Gasteiger partial charge in [-0.1, -0.05) is 175 Å². The van der Waals surface area contributed by atoms with Crippen molar-refractivity contribution < 1.29 is 28.6 Å². The molecular weight excluding hydrogens is 576 g/mol. The second-order valence-corrected chi connectivity index (χ2v) is 14.0. The van der Waals surface area contributed by atoms with E-state index < -0.39 is 6.10 Å². The fourth-order valence-corrected chi connectivity index (χ4v) is 5.74. The van der Waals surface area contributed by atoms with Crippen molar-refractivity contribution in [3.05, 3.63) is 0 Å². The summed E-state index contributed by atoms with van der Waals surface area (Å²) in [6, 6.07) is 0. The van der Waals surface area contributed by atoms with Gasteiger partial charge in [-0.25, -0.2) is 0 Å². The average Bonchev–Trinajstić information content (AvgIpc) is 3.03. The molecule has 0 bridgehead atoms. The van der Waals surface area contributed by atoms with Gasteiger partial charge in [0.2, 0.25) is 0 Å². The first-order valence-corrected chi connectivity index (χ1v) is 19.9. The standard InChI is InChI=1S/C40H76O6/c1-5-7-9-11-13-15-17-19-25-29-33-40(43)46-37(34-44-38(41)31-27-23-18-16-14-12-10-8-6-2)35-45-39(42)32-28-24-21-20-22-26-30-36(3)4/h36-37H,5-35H2,1-4H3/t37-/m1/s1. The zero-order valence-electron chi connectivity index (χ0n) is 31.0. The number of carbonyl (C=O) groups excluding carboxylic acids is 3. The molecule has 0 aromatic carbocycles. The Morgan fingerprint density at radius 1 is 0.413 bits per heavy atom. The normalized spacial score (nSPS) is 11.9. The molecule has 0 fully saturated rings. The van der Waals surface area contributed by atoms with Crippen molar-refractivity contribution in [1.82, 2.24) is 0 Å². The van der Waals surface area contributed by atoms with Crippen molar-refractivity contribution >= 4 is 17.9 Å². The van der Waals surface area contributed by atoms with Crippen LogP contribution in [0, 0.1) is 5.92 Å². The van der Waals surface area contributed by atoms with Crippen molar-refractivity contribution in [3.63, 3.8) is 0 Å². The Bertz CT molecular complexity index is 691. The molecule has 6 nitrogen and oxygen atoms in total. The summed E-state index contributed by atoms with van der Waals surface area (Å²) in [5.41, 5.74) is 0. The molecule has 0 aliphatic carbocycles.